The lowest BCUT2D eigenvalue weighted by Crippen LogP contribution is -2.78. The fourth-order valence-electron chi connectivity index (χ4n) is 5.61. The van der Waals surface area contributed by atoms with E-state index in [4.69, 9.17) is 14.2 Å². The van der Waals surface area contributed by atoms with Crippen LogP contribution in [0.15, 0.2) is 23.8 Å². The van der Waals surface area contributed by atoms with Gasteiger partial charge in [-0.3, -0.25) is 0 Å². The minimum Gasteiger partial charge on any atom is -0.458 e. The molecule has 0 aromatic rings. The van der Waals surface area contributed by atoms with Crippen molar-refractivity contribution in [3.05, 3.63) is 23.8 Å². The summed E-state index contributed by atoms with van der Waals surface area (Å²) in [6.07, 6.45) is 2.79. The molecule has 2 saturated heterocycles. The highest BCUT2D eigenvalue weighted by atomic mass is 16.6. The topological polar surface area (TPSA) is 85.2 Å². The zero-order valence-corrected chi connectivity index (χ0v) is 15.1. The van der Waals surface area contributed by atoms with E-state index in [2.05, 4.69) is 0 Å². The van der Waals surface area contributed by atoms with E-state index in [9.17, 15) is 15.0 Å². The van der Waals surface area contributed by atoms with Crippen molar-refractivity contribution >= 4 is 5.97 Å². The summed E-state index contributed by atoms with van der Waals surface area (Å²) in [4.78, 5) is 12.1. The summed E-state index contributed by atoms with van der Waals surface area (Å²) in [5, 5.41) is 22.2. The summed E-state index contributed by atoms with van der Waals surface area (Å²) in [6, 6.07) is 0. The summed E-state index contributed by atoms with van der Waals surface area (Å²) in [6.45, 7) is 7.59. The highest BCUT2D eigenvalue weighted by molar-refractivity contribution is 5.82. The van der Waals surface area contributed by atoms with Gasteiger partial charge in [-0.1, -0.05) is 26.0 Å². The molecule has 2 heterocycles. The molecule has 0 aromatic heterocycles. The van der Waals surface area contributed by atoms with Crippen LogP contribution in [0.25, 0.3) is 0 Å². The molecule has 2 aliphatic heterocycles. The van der Waals surface area contributed by atoms with Crippen molar-refractivity contribution in [1.29, 1.82) is 0 Å². The molecule has 6 nitrogen and oxygen atoms in total. The van der Waals surface area contributed by atoms with Gasteiger partial charge in [-0.05, 0) is 19.4 Å². The van der Waals surface area contributed by atoms with Crippen molar-refractivity contribution in [3.8, 4) is 0 Å². The first-order valence-electron chi connectivity index (χ1n) is 8.89. The van der Waals surface area contributed by atoms with E-state index in [-0.39, 0.29) is 12.7 Å². The molecule has 2 N–H and O–H groups in total. The number of allylic oxidation sites excluding steroid dienone is 1. The Morgan fingerprint density at radius 2 is 2.16 bits per heavy atom. The zero-order chi connectivity index (χ0) is 18.2. The number of aliphatic hydroxyl groups is 2. The minimum absolute atomic E-state index is 0.0587. The summed E-state index contributed by atoms with van der Waals surface area (Å²) >= 11 is 0. The predicted molar refractivity (Wildman–Crippen MR) is 88.6 cm³/mol. The van der Waals surface area contributed by atoms with Gasteiger partial charge in [-0.25, -0.2) is 4.79 Å². The number of carbonyl (C=O) groups excluding carboxylic acids is 1. The van der Waals surface area contributed by atoms with Crippen LogP contribution in [0.3, 0.4) is 0 Å². The summed E-state index contributed by atoms with van der Waals surface area (Å²) in [5.41, 5.74) is -1.95. The van der Waals surface area contributed by atoms with E-state index in [0.717, 1.165) is 5.57 Å². The summed E-state index contributed by atoms with van der Waals surface area (Å²) in [7, 11) is 0. The molecule has 4 rings (SSSR count). The molecule has 138 valence electrons. The molecule has 0 aromatic carbocycles. The molecule has 25 heavy (non-hydrogen) atoms. The lowest BCUT2D eigenvalue weighted by atomic mass is 9.48. The summed E-state index contributed by atoms with van der Waals surface area (Å²) in [5.74, 6) is -0.426. The molecule has 0 amide bonds. The third-order valence-electron chi connectivity index (χ3n) is 7.33. The van der Waals surface area contributed by atoms with E-state index in [1.54, 1.807) is 13.0 Å². The van der Waals surface area contributed by atoms with Gasteiger partial charge in [-0.2, -0.15) is 0 Å². The van der Waals surface area contributed by atoms with Crippen LogP contribution < -0.4 is 0 Å². The molecular weight excluding hydrogens is 324 g/mol. The van der Waals surface area contributed by atoms with Crippen LogP contribution in [0, 0.1) is 10.8 Å². The van der Waals surface area contributed by atoms with Gasteiger partial charge in [0.2, 0.25) is 0 Å². The van der Waals surface area contributed by atoms with E-state index >= 15 is 0 Å². The normalized spacial score (nSPS) is 53.7. The molecule has 1 unspecified atom stereocenters. The Bertz CT molecular complexity index is 671. The number of carbonyl (C=O) groups is 1. The Hall–Kier alpha value is -1.21. The van der Waals surface area contributed by atoms with Crippen molar-refractivity contribution in [2.24, 2.45) is 10.8 Å². The van der Waals surface area contributed by atoms with E-state index in [0.29, 0.717) is 6.42 Å². The fraction of sp³-hybridized carbons (Fsp3) is 0.737. The van der Waals surface area contributed by atoms with Crippen molar-refractivity contribution in [2.75, 3.05) is 6.61 Å². The maximum Gasteiger partial charge on any atom is 0.330 e. The number of rotatable bonds is 2. The second-order valence-electron chi connectivity index (χ2n) is 8.20. The van der Waals surface area contributed by atoms with Gasteiger partial charge in [0.15, 0.2) is 0 Å². The molecule has 0 radical (unpaired) electrons. The van der Waals surface area contributed by atoms with Crippen LogP contribution in [0.1, 0.15) is 34.1 Å². The first-order chi connectivity index (χ1) is 11.7. The standard InChI is InChI=1S/C19H26O6/c1-5-6-14(20)25-12-8-13-19(22)9-23-16-15(21)10(2)7-11(24-13)17(16,3)18(12,19)4/h5-7,11-13,15-16,21-22H,8-9H2,1-4H3/b6-5-/t11-,12-,13-,15-,16+,17+,18-,19?/m1/s1. The SMILES string of the molecule is C/C=C\C(=O)O[C@@H]1C[C@H]2O[C@@H]3C=C(C)[C@@H](O)[C@@H]4OCC2(O)[C@@]1(C)[C@@]34C. The second kappa shape index (κ2) is 5.16. The molecule has 8 atom stereocenters. The first-order valence-corrected chi connectivity index (χ1v) is 8.89. The maximum absolute atomic E-state index is 12.1. The monoisotopic (exact) mass is 350 g/mol. The lowest BCUT2D eigenvalue weighted by molar-refractivity contribution is -0.362. The highest BCUT2D eigenvalue weighted by Crippen LogP contribution is 2.69. The molecule has 1 saturated carbocycles. The van der Waals surface area contributed by atoms with E-state index in [1.165, 1.54) is 6.08 Å². The van der Waals surface area contributed by atoms with Crippen LogP contribution in [0.2, 0.25) is 0 Å². The summed E-state index contributed by atoms with van der Waals surface area (Å²) < 4.78 is 18.0. The van der Waals surface area contributed by atoms with Gasteiger partial charge >= 0.3 is 5.97 Å². The molecule has 4 bridgehead atoms. The van der Waals surface area contributed by atoms with E-state index < -0.39 is 46.8 Å². The third-order valence-corrected chi connectivity index (χ3v) is 7.33. The maximum atomic E-state index is 12.1. The van der Waals surface area contributed by atoms with Crippen LogP contribution in [-0.4, -0.2) is 58.9 Å². The Labute approximate surface area is 147 Å². The van der Waals surface area contributed by atoms with Crippen LogP contribution >= 0.6 is 0 Å². The van der Waals surface area contributed by atoms with E-state index in [1.807, 2.05) is 26.8 Å². The minimum atomic E-state index is -1.26. The quantitative estimate of drug-likeness (QED) is 0.441. The van der Waals surface area contributed by atoms with Gasteiger partial charge < -0.3 is 24.4 Å². The number of ether oxygens (including phenoxy) is 3. The molecular formula is C19H26O6. The van der Waals surface area contributed by atoms with Crippen molar-refractivity contribution in [3.63, 3.8) is 0 Å². The van der Waals surface area contributed by atoms with Crippen molar-refractivity contribution in [1.82, 2.24) is 0 Å². The van der Waals surface area contributed by atoms with Gasteiger partial charge in [-0.15, -0.1) is 0 Å². The Morgan fingerprint density at radius 3 is 2.84 bits per heavy atom. The van der Waals surface area contributed by atoms with Gasteiger partial charge in [0.25, 0.3) is 0 Å². The van der Waals surface area contributed by atoms with Crippen molar-refractivity contribution in [2.45, 2.75) is 70.2 Å². The first kappa shape index (κ1) is 17.2. The number of esters is 1. The van der Waals surface area contributed by atoms with Gasteiger partial charge in [0.05, 0.1) is 24.9 Å². The second-order valence-corrected chi connectivity index (χ2v) is 8.20. The lowest BCUT2D eigenvalue weighted by Gasteiger charge is -2.67. The number of hydrogen-bond acceptors (Lipinski definition) is 6. The Kier molecular flexibility index (Phi) is 3.55. The number of hydrogen-bond donors (Lipinski definition) is 2. The molecule has 3 fully saturated rings. The fourth-order valence-corrected chi connectivity index (χ4v) is 5.61. The third kappa shape index (κ3) is 1.81. The molecule has 4 aliphatic rings. The van der Waals surface area contributed by atoms with Gasteiger partial charge in [0.1, 0.15) is 17.8 Å². The molecule has 0 spiro atoms. The largest absolute Gasteiger partial charge is 0.458 e. The Balaban J connectivity index is 1.84. The van der Waals surface area contributed by atoms with Gasteiger partial charge in [0, 0.05) is 23.3 Å². The smallest absolute Gasteiger partial charge is 0.330 e. The average molecular weight is 350 g/mol. The highest BCUT2D eigenvalue weighted by Gasteiger charge is 2.81. The average Bonchev–Trinajstić information content (AvgIpc) is 2.69. The molecule has 2 aliphatic carbocycles. The molecule has 6 heteroatoms. The van der Waals surface area contributed by atoms with Crippen molar-refractivity contribution < 1.29 is 29.2 Å². The zero-order valence-electron chi connectivity index (χ0n) is 15.1. The Morgan fingerprint density at radius 1 is 1.44 bits per heavy atom. The van der Waals surface area contributed by atoms with Crippen LogP contribution in [0.5, 0.6) is 0 Å². The predicted octanol–water partition coefficient (Wildman–Crippen LogP) is 1.11. The van der Waals surface area contributed by atoms with Crippen LogP contribution in [0.4, 0.5) is 0 Å². The van der Waals surface area contributed by atoms with Crippen LogP contribution in [-0.2, 0) is 19.0 Å². The number of aliphatic hydroxyl groups excluding tert-OH is 1.